The fourth-order valence-electron chi connectivity index (χ4n) is 0.769. The van der Waals surface area contributed by atoms with Crippen LogP contribution in [-0.2, 0) is 6.61 Å². The van der Waals surface area contributed by atoms with E-state index in [-0.39, 0.29) is 11.3 Å². The molecule has 4 heteroatoms. The smallest absolute Gasteiger partial charge is 0.149 e. The summed E-state index contributed by atoms with van der Waals surface area (Å²) in [4.78, 5) is 0. The van der Waals surface area contributed by atoms with Gasteiger partial charge in [-0.1, -0.05) is 0 Å². The Balaban J connectivity index is 3.24. The van der Waals surface area contributed by atoms with E-state index in [4.69, 9.17) is 10.8 Å². The third kappa shape index (κ3) is 1.46. The maximum Gasteiger partial charge on any atom is 0.149 e. The predicted octanol–water partition coefficient (Wildman–Crippen LogP) is 1.04. The lowest BCUT2D eigenvalue weighted by Gasteiger charge is -2.02. The summed E-state index contributed by atoms with van der Waals surface area (Å²) in [5.74, 6) is -1.57. The van der Waals surface area contributed by atoms with Crippen molar-refractivity contribution >= 4 is 5.69 Å². The van der Waals surface area contributed by atoms with Crippen molar-refractivity contribution in [2.75, 3.05) is 5.73 Å². The van der Waals surface area contributed by atoms with Crippen LogP contribution in [-0.4, -0.2) is 5.11 Å². The van der Waals surface area contributed by atoms with Gasteiger partial charge in [-0.05, 0) is 6.07 Å². The molecule has 0 aliphatic rings. The summed E-state index contributed by atoms with van der Waals surface area (Å²) < 4.78 is 24.9. The number of rotatable bonds is 1. The SMILES string of the molecule is Nc1c(F)cc(F)cc1CO. The van der Waals surface area contributed by atoms with Gasteiger partial charge >= 0.3 is 0 Å². The molecule has 0 amide bonds. The molecule has 3 N–H and O–H groups in total. The standard InChI is InChI=1S/C7H7F2NO/c8-5-1-4(3-11)7(10)6(9)2-5/h1-2,11H,3,10H2. The highest BCUT2D eigenvalue weighted by Crippen LogP contribution is 2.17. The summed E-state index contributed by atoms with van der Waals surface area (Å²) in [6, 6.07) is 1.67. The van der Waals surface area contributed by atoms with E-state index in [1.54, 1.807) is 0 Å². The van der Waals surface area contributed by atoms with Crippen LogP contribution in [0.25, 0.3) is 0 Å². The topological polar surface area (TPSA) is 46.2 Å². The van der Waals surface area contributed by atoms with Gasteiger partial charge in [-0.15, -0.1) is 0 Å². The van der Waals surface area contributed by atoms with Crippen LogP contribution in [0.2, 0.25) is 0 Å². The van der Waals surface area contributed by atoms with Crippen LogP contribution < -0.4 is 5.73 Å². The molecular weight excluding hydrogens is 152 g/mol. The summed E-state index contributed by atoms with van der Waals surface area (Å²) in [6.07, 6.45) is 0. The minimum Gasteiger partial charge on any atom is -0.396 e. The highest BCUT2D eigenvalue weighted by molar-refractivity contribution is 5.47. The molecule has 0 bridgehead atoms. The summed E-state index contributed by atoms with van der Waals surface area (Å²) in [5, 5.41) is 8.55. The van der Waals surface area contributed by atoms with Gasteiger partial charge in [0.2, 0.25) is 0 Å². The average molecular weight is 159 g/mol. The molecule has 11 heavy (non-hydrogen) atoms. The molecule has 1 aromatic rings. The van der Waals surface area contributed by atoms with Gasteiger partial charge in [0, 0.05) is 11.6 Å². The van der Waals surface area contributed by atoms with Crippen molar-refractivity contribution in [2.24, 2.45) is 0 Å². The number of halogens is 2. The van der Waals surface area contributed by atoms with Crippen LogP contribution in [0.4, 0.5) is 14.5 Å². The Kier molecular flexibility index (Phi) is 2.05. The number of benzene rings is 1. The Morgan fingerprint density at radius 3 is 2.55 bits per heavy atom. The normalized spacial score (nSPS) is 10.1. The number of aliphatic hydroxyl groups is 1. The third-order valence-corrected chi connectivity index (χ3v) is 1.35. The second-order valence-corrected chi connectivity index (χ2v) is 2.12. The van der Waals surface area contributed by atoms with Gasteiger partial charge in [-0.3, -0.25) is 0 Å². The fraction of sp³-hybridized carbons (Fsp3) is 0.143. The predicted molar refractivity (Wildman–Crippen MR) is 36.7 cm³/mol. The molecule has 0 atom stereocenters. The summed E-state index contributed by atoms with van der Waals surface area (Å²) in [6.45, 7) is -0.458. The van der Waals surface area contributed by atoms with Crippen LogP contribution in [0.1, 0.15) is 5.56 Å². The van der Waals surface area contributed by atoms with Crippen molar-refractivity contribution in [3.63, 3.8) is 0 Å². The number of aliphatic hydroxyl groups excluding tert-OH is 1. The third-order valence-electron chi connectivity index (χ3n) is 1.35. The van der Waals surface area contributed by atoms with Gasteiger partial charge in [0.15, 0.2) is 0 Å². The zero-order valence-electron chi connectivity index (χ0n) is 5.64. The Morgan fingerprint density at radius 2 is 2.00 bits per heavy atom. The van der Waals surface area contributed by atoms with Crippen LogP contribution in [0.5, 0.6) is 0 Å². The van der Waals surface area contributed by atoms with Gasteiger partial charge in [0.05, 0.1) is 12.3 Å². The Morgan fingerprint density at radius 1 is 1.36 bits per heavy atom. The highest BCUT2D eigenvalue weighted by Gasteiger charge is 2.06. The largest absolute Gasteiger partial charge is 0.396 e. The first-order chi connectivity index (χ1) is 5.15. The highest BCUT2D eigenvalue weighted by atomic mass is 19.1. The molecule has 0 radical (unpaired) electrons. The number of nitrogens with two attached hydrogens (primary N) is 1. The molecule has 0 saturated carbocycles. The Hall–Kier alpha value is -1.16. The number of hydrogen-bond acceptors (Lipinski definition) is 2. The van der Waals surface area contributed by atoms with Gasteiger partial charge in [-0.2, -0.15) is 0 Å². The summed E-state index contributed by atoms with van der Waals surface area (Å²) in [5.41, 5.74) is 5.03. The van der Waals surface area contributed by atoms with Crippen molar-refractivity contribution in [2.45, 2.75) is 6.61 Å². The molecule has 0 heterocycles. The van der Waals surface area contributed by atoms with Crippen molar-refractivity contribution in [1.29, 1.82) is 0 Å². The molecule has 1 aromatic carbocycles. The lowest BCUT2D eigenvalue weighted by molar-refractivity contribution is 0.281. The molecule has 0 aliphatic carbocycles. The molecule has 1 rings (SSSR count). The molecule has 0 aliphatic heterocycles. The second-order valence-electron chi connectivity index (χ2n) is 2.12. The quantitative estimate of drug-likeness (QED) is 0.601. The van der Waals surface area contributed by atoms with Crippen LogP contribution in [0, 0.1) is 11.6 Å². The Labute approximate surface area is 62.3 Å². The molecule has 0 fully saturated rings. The summed E-state index contributed by atoms with van der Waals surface area (Å²) >= 11 is 0. The van der Waals surface area contributed by atoms with E-state index >= 15 is 0 Å². The van der Waals surface area contributed by atoms with Gasteiger partial charge in [0.25, 0.3) is 0 Å². The average Bonchev–Trinajstić information content (AvgIpc) is 1.96. The van der Waals surface area contributed by atoms with Crippen molar-refractivity contribution in [3.8, 4) is 0 Å². The molecule has 2 nitrogen and oxygen atoms in total. The summed E-state index contributed by atoms with van der Waals surface area (Å²) in [7, 11) is 0. The number of anilines is 1. The van der Waals surface area contributed by atoms with E-state index in [1.165, 1.54) is 0 Å². The van der Waals surface area contributed by atoms with Crippen molar-refractivity contribution < 1.29 is 13.9 Å². The number of nitrogen functional groups attached to an aromatic ring is 1. The zero-order valence-corrected chi connectivity index (χ0v) is 5.64. The monoisotopic (exact) mass is 159 g/mol. The van der Waals surface area contributed by atoms with Crippen molar-refractivity contribution in [1.82, 2.24) is 0 Å². The van der Waals surface area contributed by atoms with Crippen LogP contribution in [0.15, 0.2) is 12.1 Å². The Bertz CT molecular complexity index is 275. The maximum absolute atomic E-state index is 12.6. The van der Waals surface area contributed by atoms with Crippen LogP contribution in [0.3, 0.4) is 0 Å². The van der Waals surface area contributed by atoms with E-state index < -0.39 is 18.2 Å². The van der Waals surface area contributed by atoms with E-state index in [2.05, 4.69) is 0 Å². The molecule has 0 saturated heterocycles. The van der Waals surface area contributed by atoms with E-state index in [9.17, 15) is 8.78 Å². The lowest BCUT2D eigenvalue weighted by Crippen LogP contribution is -1.98. The molecule has 0 spiro atoms. The zero-order chi connectivity index (χ0) is 8.43. The van der Waals surface area contributed by atoms with Crippen LogP contribution >= 0.6 is 0 Å². The van der Waals surface area contributed by atoms with Gasteiger partial charge in [-0.25, -0.2) is 8.78 Å². The lowest BCUT2D eigenvalue weighted by atomic mass is 10.2. The van der Waals surface area contributed by atoms with E-state index in [1.807, 2.05) is 0 Å². The first kappa shape index (κ1) is 7.94. The minimum atomic E-state index is -0.839. The first-order valence-corrected chi connectivity index (χ1v) is 2.99. The molecule has 60 valence electrons. The maximum atomic E-state index is 12.6. The molecule has 0 aromatic heterocycles. The number of hydrogen-bond donors (Lipinski definition) is 2. The first-order valence-electron chi connectivity index (χ1n) is 2.99. The molecule has 0 unspecified atom stereocenters. The van der Waals surface area contributed by atoms with Gasteiger partial charge in [0.1, 0.15) is 11.6 Å². The van der Waals surface area contributed by atoms with Crippen molar-refractivity contribution in [3.05, 3.63) is 29.3 Å². The fourth-order valence-corrected chi connectivity index (χ4v) is 0.769. The minimum absolute atomic E-state index is 0.0718. The van der Waals surface area contributed by atoms with E-state index in [0.29, 0.717) is 6.07 Å². The molecular formula is C7H7F2NO. The van der Waals surface area contributed by atoms with Gasteiger partial charge < -0.3 is 10.8 Å². The van der Waals surface area contributed by atoms with E-state index in [0.717, 1.165) is 6.07 Å². The second kappa shape index (κ2) is 2.84.